The maximum Gasteiger partial charge on any atom is 0.416 e. The maximum atomic E-state index is 12.4. The van der Waals surface area contributed by atoms with Crippen LogP contribution in [-0.4, -0.2) is 4.92 Å². The molecule has 1 rings (SSSR count). The van der Waals surface area contributed by atoms with Crippen molar-refractivity contribution < 1.29 is 18.1 Å². The number of nitro benzene ring substituents is 1. The van der Waals surface area contributed by atoms with Crippen LogP contribution in [-0.2, 0) is 6.18 Å². The summed E-state index contributed by atoms with van der Waals surface area (Å²) in [5, 5.41) is 10.7. The first-order valence-corrected chi connectivity index (χ1v) is 5.69. The number of hydrogen-bond acceptors (Lipinski definition) is 2. The van der Waals surface area contributed by atoms with Crippen molar-refractivity contribution in [1.29, 1.82) is 0 Å². The van der Waals surface area contributed by atoms with E-state index >= 15 is 0 Å². The van der Waals surface area contributed by atoms with Crippen molar-refractivity contribution in [2.45, 2.75) is 6.18 Å². The smallest absolute Gasteiger partial charge is 0.258 e. The first kappa shape index (κ1) is 14.2. The van der Waals surface area contributed by atoms with E-state index in [0.29, 0.717) is 9.46 Å². The second kappa shape index (κ2) is 5.18. The average Bonchev–Trinajstić information content (AvgIpc) is 2.15. The SMILES string of the molecule is O=[N+]([O-])c1cc(C(F)(F)F)ccc1C=C(Br)Br. The Labute approximate surface area is 111 Å². The molecule has 8 heteroatoms. The van der Waals surface area contributed by atoms with Gasteiger partial charge in [-0.2, -0.15) is 13.2 Å². The van der Waals surface area contributed by atoms with Gasteiger partial charge in [-0.15, -0.1) is 0 Å². The Kier molecular flexibility index (Phi) is 4.31. The molecule has 3 nitrogen and oxygen atoms in total. The van der Waals surface area contributed by atoms with Crippen molar-refractivity contribution >= 4 is 43.6 Å². The predicted molar refractivity (Wildman–Crippen MR) is 63.9 cm³/mol. The van der Waals surface area contributed by atoms with Crippen LogP contribution in [0.3, 0.4) is 0 Å². The van der Waals surface area contributed by atoms with E-state index in [-0.39, 0.29) is 5.56 Å². The van der Waals surface area contributed by atoms with Gasteiger partial charge in [0.15, 0.2) is 0 Å². The Balaban J connectivity index is 3.38. The van der Waals surface area contributed by atoms with Crippen LogP contribution in [0.4, 0.5) is 18.9 Å². The standard InChI is InChI=1S/C9H4Br2F3NO2/c10-8(11)3-5-1-2-6(9(12,13)14)4-7(5)15(16)17/h1-4H. The van der Waals surface area contributed by atoms with Crippen LogP contribution in [0.15, 0.2) is 21.6 Å². The topological polar surface area (TPSA) is 43.1 Å². The van der Waals surface area contributed by atoms with Crippen LogP contribution in [0, 0.1) is 10.1 Å². The fourth-order valence-electron chi connectivity index (χ4n) is 1.12. The van der Waals surface area contributed by atoms with Gasteiger partial charge < -0.3 is 0 Å². The Morgan fingerprint density at radius 3 is 2.35 bits per heavy atom. The van der Waals surface area contributed by atoms with Crippen molar-refractivity contribution in [1.82, 2.24) is 0 Å². The zero-order chi connectivity index (χ0) is 13.2. The van der Waals surface area contributed by atoms with E-state index in [2.05, 4.69) is 31.9 Å². The van der Waals surface area contributed by atoms with Crippen LogP contribution in [0.1, 0.15) is 11.1 Å². The fraction of sp³-hybridized carbons (Fsp3) is 0.111. The summed E-state index contributed by atoms with van der Waals surface area (Å²) in [5.74, 6) is 0. The zero-order valence-corrected chi connectivity index (χ0v) is 11.1. The summed E-state index contributed by atoms with van der Waals surface area (Å²) >= 11 is 5.97. The van der Waals surface area contributed by atoms with E-state index in [1.165, 1.54) is 6.08 Å². The summed E-state index contributed by atoms with van der Waals surface area (Å²) in [5.41, 5.74) is -1.57. The highest BCUT2D eigenvalue weighted by Crippen LogP contribution is 2.34. The molecule has 0 saturated heterocycles. The molecule has 0 aliphatic rings. The number of halogens is 5. The molecule has 0 heterocycles. The van der Waals surface area contributed by atoms with E-state index in [4.69, 9.17) is 0 Å². The van der Waals surface area contributed by atoms with Crippen molar-refractivity contribution in [3.05, 3.63) is 42.8 Å². The third-order valence-electron chi connectivity index (χ3n) is 1.82. The minimum absolute atomic E-state index is 0.0757. The van der Waals surface area contributed by atoms with Gasteiger partial charge >= 0.3 is 6.18 Å². The number of rotatable bonds is 2. The van der Waals surface area contributed by atoms with Crippen LogP contribution in [0.25, 0.3) is 6.08 Å². The monoisotopic (exact) mass is 373 g/mol. The summed E-state index contributed by atoms with van der Waals surface area (Å²) in [4.78, 5) is 9.80. The van der Waals surface area contributed by atoms with Gasteiger partial charge in [-0.25, -0.2) is 0 Å². The number of hydrogen-bond donors (Lipinski definition) is 0. The van der Waals surface area contributed by atoms with Crippen molar-refractivity contribution in [2.75, 3.05) is 0 Å². The molecule has 0 unspecified atom stereocenters. The number of alkyl halides is 3. The van der Waals surface area contributed by atoms with Gasteiger partial charge in [0.25, 0.3) is 5.69 Å². The molecule has 0 bridgehead atoms. The highest BCUT2D eigenvalue weighted by atomic mass is 79.9. The summed E-state index contributed by atoms with van der Waals surface area (Å²) in [6, 6.07) is 2.35. The lowest BCUT2D eigenvalue weighted by atomic mass is 10.1. The second-order valence-corrected chi connectivity index (χ2v) is 5.74. The van der Waals surface area contributed by atoms with E-state index in [1.54, 1.807) is 0 Å². The summed E-state index contributed by atoms with van der Waals surface area (Å²) < 4.78 is 37.5. The van der Waals surface area contributed by atoms with Crippen molar-refractivity contribution in [3.63, 3.8) is 0 Å². The summed E-state index contributed by atoms with van der Waals surface area (Å²) in [6.07, 6.45) is -3.29. The first-order valence-electron chi connectivity index (χ1n) is 4.10. The van der Waals surface area contributed by atoms with Gasteiger partial charge in [0.2, 0.25) is 0 Å². The quantitative estimate of drug-likeness (QED) is 0.556. The van der Waals surface area contributed by atoms with Crippen LogP contribution in [0.2, 0.25) is 0 Å². The van der Waals surface area contributed by atoms with Crippen LogP contribution in [0.5, 0.6) is 0 Å². The van der Waals surface area contributed by atoms with Crippen molar-refractivity contribution in [3.8, 4) is 0 Å². The molecule has 0 aliphatic carbocycles. The molecule has 0 N–H and O–H groups in total. The molecule has 0 spiro atoms. The predicted octanol–water partition coefficient (Wildman–Crippen LogP) is 4.70. The Morgan fingerprint density at radius 1 is 1.35 bits per heavy atom. The zero-order valence-electron chi connectivity index (χ0n) is 7.96. The minimum atomic E-state index is -4.60. The van der Waals surface area contributed by atoms with E-state index < -0.39 is 22.4 Å². The highest BCUT2D eigenvalue weighted by molar-refractivity contribution is 9.28. The van der Waals surface area contributed by atoms with E-state index in [0.717, 1.165) is 12.1 Å². The lowest BCUT2D eigenvalue weighted by molar-refractivity contribution is -0.385. The Bertz CT molecular complexity index is 482. The number of nitro groups is 1. The molecule has 92 valence electrons. The molecule has 0 aliphatic heterocycles. The lowest BCUT2D eigenvalue weighted by Gasteiger charge is -2.07. The molecule has 0 saturated carbocycles. The maximum absolute atomic E-state index is 12.4. The molecule has 0 atom stereocenters. The fourth-order valence-corrected chi connectivity index (χ4v) is 1.61. The lowest BCUT2D eigenvalue weighted by Crippen LogP contribution is -2.06. The Morgan fingerprint density at radius 2 is 1.94 bits per heavy atom. The average molecular weight is 375 g/mol. The van der Waals surface area contributed by atoms with Gasteiger partial charge in [0, 0.05) is 6.07 Å². The Hall–Kier alpha value is -0.890. The van der Waals surface area contributed by atoms with Crippen LogP contribution < -0.4 is 0 Å². The molecule has 17 heavy (non-hydrogen) atoms. The highest BCUT2D eigenvalue weighted by Gasteiger charge is 2.32. The van der Waals surface area contributed by atoms with Gasteiger partial charge in [-0.3, -0.25) is 10.1 Å². The molecule has 0 amide bonds. The number of nitrogens with zero attached hydrogens (tertiary/aromatic N) is 1. The molecular formula is C9H4Br2F3NO2. The third kappa shape index (κ3) is 3.81. The normalized spacial score (nSPS) is 11.1. The summed E-state index contributed by atoms with van der Waals surface area (Å²) in [6.45, 7) is 0. The largest absolute Gasteiger partial charge is 0.416 e. The first-order chi connectivity index (χ1) is 7.71. The van der Waals surface area contributed by atoms with Gasteiger partial charge in [-0.1, -0.05) is 0 Å². The second-order valence-electron chi connectivity index (χ2n) is 2.96. The van der Waals surface area contributed by atoms with Crippen molar-refractivity contribution in [2.24, 2.45) is 0 Å². The molecule has 0 aromatic heterocycles. The molecule has 0 fully saturated rings. The molecule has 0 radical (unpaired) electrons. The van der Waals surface area contributed by atoms with Crippen LogP contribution >= 0.6 is 31.9 Å². The van der Waals surface area contributed by atoms with E-state index in [1.807, 2.05) is 0 Å². The summed E-state index contributed by atoms with van der Waals surface area (Å²) in [7, 11) is 0. The van der Waals surface area contributed by atoms with E-state index in [9.17, 15) is 23.3 Å². The number of benzene rings is 1. The van der Waals surface area contributed by atoms with Gasteiger partial charge in [0.1, 0.15) is 0 Å². The molecule has 1 aromatic rings. The minimum Gasteiger partial charge on any atom is -0.258 e. The van der Waals surface area contributed by atoms with Gasteiger partial charge in [0.05, 0.1) is 19.4 Å². The van der Waals surface area contributed by atoms with Gasteiger partial charge in [-0.05, 0) is 50.1 Å². The molecular weight excluding hydrogens is 371 g/mol. The molecule has 1 aromatic carbocycles. The third-order valence-corrected chi connectivity index (χ3v) is 2.28.